The summed E-state index contributed by atoms with van der Waals surface area (Å²) in [6.45, 7) is 0. The fourth-order valence-electron chi connectivity index (χ4n) is 2.30. The number of aromatic nitrogens is 1. The van der Waals surface area contributed by atoms with Crippen molar-refractivity contribution in [2.45, 2.75) is 4.90 Å². The van der Waals surface area contributed by atoms with E-state index < -0.39 is 31.4 Å². The van der Waals surface area contributed by atoms with Crippen molar-refractivity contribution in [2.75, 3.05) is 0 Å². The van der Waals surface area contributed by atoms with E-state index >= 15 is 0 Å². The van der Waals surface area contributed by atoms with Crippen LogP contribution in [0.5, 0.6) is 0 Å². The predicted octanol–water partition coefficient (Wildman–Crippen LogP) is 3.25. The lowest BCUT2D eigenvalue weighted by molar-refractivity contribution is 0.555. The molecule has 130 valence electrons. The lowest BCUT2D eigenvalue weighted by Crippen LogP contribution is -2.15. The Kier molecular flexibility index (Phi) is 4.62. The summed E-state index contributed by atoms with van der Waals surface area (Å²) in [5.41, 5.74) is 0.305. The molecule has 2 N–H and O–H groups in total. The van der Waals surface area contributed by atoms with Crippen molar-refractivity contribution >= 4 is 37.3 Å². The highest BCUT2D eigenvalue weighted by atomic mass is 79.9. The molecule has 0 amide bonds. The van der Waals surface area contributed by atoms with Gasteiger partial charge >= 0.3 is 4.87 Å². The number of sulfonamides is 1. The molecule has 0 aliphatic rings. The monoisotopic (exact) mass is 446 g/mol. The normalized spacial score (nSPS) is 11.7. The Labute approximate surface area is 153 Å². The quantitative estimate of drug-likeness (QED) is 0.670. The van der Waals surface area contributed by atoms with Crippen LogP contribution < -0.4 is 10.0 Å². The molecule has 1 heterocycles. The zero-order valence-electron chi connectivity index (χ0n) is 12.2. The van der Waals surface area contributed by atoms with Crippen molar-refractivity contribution in [3.05, 3.63) is 67.6 Å². The molecule has 0 saturated carbocycles. The lowest BCUT2D eigenvalue weighted by Gasteiger charge is -2.10. The largest absolute Gasteiger partial charge is 0.312 e. The Bertz CT molecular complexity index is 1140. The standard InChI is InChI=1S/C15H9BrF2N2O3S2/c16-8-2-1-3-9(4-8)20-13(7-24-15(20)21)10-5-12(18)14(6-11(10)17)25(19,22)23/h1-7H,(H2,19,22,23). The summed E-state index contributed by atoms with van der Waals surface area (Å²) in [5.74, 6) is -2.20. The second-order valence-electron chi connectivity index (χ2n) is 5.01. The van der Waals surface area contributed by atoms with Gasteiger partial charge in [0.2, 0.25) is 10.0 Å². The van der Waals surface area contributed by atoms with Gasteiger partial charge in [-0.25, -0.2) is 22.3 Å². The first-order chi connectivity index (χ1) is 11.7. The number of primary sulfonamides is 1. The topological polar surface area (TPSA) is 82.2 Å². The van der Waals surface area contributed by atoms with Gasteiger partial charge in [0.05, 0.1) is 11.4 Å². The average molecular weight is 447 g/mol. The van der Waals surface area contributed by atoms with E-state index in [-0.39, 0.29) is 11.3 Å². The molecule has 0 bridgehead atoms. The SMILES string of the molecule is NS(=O)(=O)c1cc(F)c(-c2csc(=O)n2-c2cccc(Br)c2)cc1F. The molecule has 0 aliphatic carbocycles. The number of rotatable bonds is 3. The first-order valence-electron chi connectivity index (χ1n) is 6.67. The van der Waals surface area contributed by atoms with E-state index in [1.807, 2.05) is 0 Å². The van der Waals surface area contributed by atoms with E-state index in [2.05, 4.69) is 15.9 Å². The molecule has 0 spiro atoms. The molecule has 3 aromatic rings. The van der Waals surface area contributed by atoms with Crippen LogP contribution in [0.15, 0.2) is 55.9 Å². The smallest absolute Gasteiger partial charge is 0.267 e. The minimum Gasteiger partial charge on any atom is -0.267 e. The molecular weight excluding hydrogens is 438 g/mol. The fourth-order valence-corrected chi connectivity index (χ4v) is 4.04. The third-order valence-electron chi connectivity index (χ3n) is 3.37. The maximum atomic E-state index is 14.4. The molecule has 2 aromatic carbocycles. The molecule has 0 radical (unpaired) electrons. The molecule has 0 unspecified atom stereocenters. The van der Waals surface area contributed by atoms with Crippen LogP contribution in [0, 0.1) is 11.6 Å². The number of hydrogen-bond donors (Lipinski definition) is 1. The van der Waals surface area contributed by atoms with Gasteiger partial charge in [-0.1, -0.05) is 33.3 Å². The maximum absolute atomic E-state index is 14.4. The van der Waals surface area contributed by atoms with Gasteiger partial charge in [0.1, 0.15) is 16.5 Å². The van der Waals surface area contributed by atoms with Crippen LogP contribution in [-0.2, 0) is 10.0 Å². The van der Waals surface area contributed by atoms with Crippen molar-refractivity contribution < 1.29 is 17.2 Å². The second-order valence-corrected chi connectivity index (χ2v) is 8.28. The molecule has 0 saturated heterocycles. The molecule has 0 atom stereocenters. The highest BCUT2D eigenvalue weighted by molar-refractivity contribution is 9.10. The van der Waals surface area contributed by atoms with Crippen molar-refractivity contribution in [2.24, 2.45) is 5.14 Å². The summed E-state index contributed by atoms with van der Waals surface area (Å²) in [7, 11) is -4.40. The zero-order valence-corrected chi connectivity index (χ0v) is 15.5. The van der Waals surface area contributed by atoms with E-state index in [9.17, 15) is 22.0 Å². The summed E-state index contributed by atoms with van der Waals surface area (Å²) in [6, 6.07) is 7.94. The Hall–Kier alpha value is -1.88. The van der Waals surface area contributed by atoms with Crippen LogP contribution in [0.4, 0.5) is 8.78 Å². The zero-order chi connectivity index (χ0) is 18.4. The summed E-state index contributed by atoms with van der Waals surface area (Å²) < 4.78 is 53.0. The fraction of sp³-hybridized carbons (Fsp3) is 0. The van der Waals surface area contributed by atoms with E-state index in [1.165, 1.54) is 9.95 Å². The van der Waals surface area contributed by atoms with E-state index in [1.54, 1.807) is 24.3 Å². The van der Waals surface area contributed by atoms with E-state index in [4.69, 9.17) is 5.14 Å². The first-order valence-corrected chi connectivity index (χ1v) is 9.89. The number of thiazole rings is 1. The molecule has 5 nitrogen and oxygen atoms in total. The molecule has 0 fully saturated rings. The van der Waals surface area contributed by atoms with Crippen LogP contribution in [-0.4, -0.2) is 13.0 Å². The number of nitrogens with two attached hydrogens (primary N) is 1. The van der Waals surface area contributed by atoms with Gasteiger partial charge in [-0.3, -0.25) is 9.36 Å². The number of halogens is 3. The molecule has 1 aromatic heterocycles. The minimum atomic E-state index is -4.40. The minimum absolute atomic E-state index is 0.102. The maximum Gasteiger partial charge on any atom is 0.312 e. The first kappa shape index (κ1) is 17.9. The predicted molar refractivity (Wildman–Crippen MR) is 94.3 cm³/mol. The molecule has 25 heavy (non-hydrogen) atoms. The molecular formula is C15H9BrF2N2O3S2. The summed E-state index contributed by atoms with van der Waals surface area (Å²) in [5, 5.41) is 6.24. The second kappa shape index (κ2) is 6.45. The number of hydrogen-bond acceptors (Lipinski definition) is 4. The average Bonchev–Trinajstić information content (AvgIpc) is 2.89. The van der Waals surface area contributed by atoms with Crippen LogP contribution in [0.2, 0.25) is 0 Å². The highest BCUT2D eigenvalue weighted by Crippen LogP contribution is 2.29. The third-order valence-corrected chi connectivity index (χ3v) is 5.51. The van der Waals surface area contributed by atoms with Crippen LogP contribution in [0.25, 0.3) is 16.9 Å². The molecule has 10 heteroatoms. The summed E-state index contributed by atoms with van der Waals surface area (Å²) in [6.07, 6.45) is 0. The third kappa shape index (κ3) is 3.43. The van der Waals surface area contributed by atoms with Crippen molar-refractivity contribution in [3.63, 3.8) is 0 Å². The van der Waals surface area contributed by atoms with Gasteiger partial charge in [-0.05, 0) is 30.3 Å². The van der Waals surface area contributed by atoms with Gasteiger partial charge in [-0.2, -0.15) is 0 Å². The van der Waals surface area contributed by atoms with E-state index in [0.717, 1.165) is 11.3 Å². The van der Waals surface area contributed by atoms with Crippen molar-refractivity contribution in [1.82, 2.24) is 4.57 Å². The number of nitrogens with zero attached hydrogens (tertiary/aromatic N) is 1. The molecule has 0 aliphatic heterocycles. The Morgan fingerprint density at radius 3 is 2.48 bits per heavy atom. The van der Waals surface area contributed by atoms with Crippen molar-refractivity contribution in [3.8, 4) is 16.9 Å². The van der Waals surface area contributed by atoms with Crippen LogP contribution >= 0.6 is 27.3 Å². The Morgan fingerprint density at radius 2 is 1.84 bits per heavy atom. The van der Waals surface area contributed by atoms with Crippen molar-refractivity contribution in [1.29, 1.82) is 0 Å². The van der Waals surface area contributed by atoms with Gasteiger partial charge in [0.15, 0.2) is 0 Å². The van der Waals surface area contributed by atoms with Gasteiger partial charge in [0, 0.05) is 15.4 Å². The molecule has 3 rings (SSSR count). The summed E-state index contributed by atoms with van der Waals surface area (Å²) in [4.78, 5) is 10.8. The van der Waals surface area contributed by atoms with E-state index in [0.29, 0.717) is 22.3 Å². The number of benzene rings is 2. The van der Waals surface area contributed by atoms with Gasteiger partial charge < -0.3 is 0 Å². The Balaban J connectivity index is 2.26. The van der Waals surface area contributed by atoms with Crippen LogP contribution in [0.1, 0.15) is 0 Å². The van der Waals surface area contributed by atoms with Gasteiger partial charge in [-0.15, -0.1) is 0 Å². The van der Waals surface area contributed by atoms with Crippen LogP contribution in [0.3, 0.4) is 0 Å². The Morgan fingerprint density at radius 1 is 1.12 bits per heavy atom. The van der Waals surface area contributed by atoms with Gasteiger partial charge in [0.25, 0.3) is 0 Å². The summed E-state index contributed by atoms with van der Waals surface area (Å²) >= 11 is 4.09. The lowest BCUT2D eigenvalue weighted by atomic mass is 10.1. The highest BCUT2D eigenvalue weighted by Gasteiger charge is 2.21.